The molecule has 0 saturated carbocycles. The van der Waals surface area contributed by atoms with Crippen molar-refractivity contribution in [1.29, 1.82) is 5.26 Å². The molecule has 0 unspecified atom stereocenters. The molecule has 0 radical (unpaired) electrons. The number of nitriles is 1. The zero-order chi connectivity index (χ0) is 22.8. The van der Waals surface area contributed by atoms with E-state index in [2.05, 4.69) is 0 Å². The number of benzene rings is 3. The number of amides is 1. The fourth-order valence-corrected chi connectivity index (χ4v) is 5.27. The van der Waals surface area contributed by atoms with Crippen LogP contribution in [0.3, 0.4) is 0 Å². The minimum absolute atomic E-state index is 0.0926. The van der Waals surface area contributed by atoms with Gasteiger partial charge in [0.1, 0.15) is 5.60 Å². The first-order valence-corrected chi connectivity index (χ1v) is 11.8. The molecule has 0 aliphatic carbocycles. The van der Waals surface area contributed by atoms with Gasteiger partial charge < -0.3 is 10.0 Å². The monoisotopic (exact) mass is 446 g/mol. The van der Waals surface area contributed by atoms with Gasteiger partial charge in [-0.3, -0.25) is 4.79 Å². The second-order valence-electron chi connectivity index (χ2n) is 8.14. The van der Waals surface area contributed by atoms with E-state index in [1.54, 1.807) is 41.3 Å². The van der Waals surface area contributed by atoms with Gasteiger partial charge in [-0.25, -0.2) is 8.42 Å². The van der Waals surface area contributed by atoms with Crippen LogP contribution in [-0.2, 0) is 22.0 Å². The number of sulfone groups is 1. The maximum atomic E-state index is 12.7. The van der Waals surface area contributed by atoms with Gasteiger partial charge in [0.15, 0.2) is 9.84 Å². The van der Waals surface area contributed by atoms with Crippen molar-refractivity contribution in [2.45, 2.75) is 22.7 Å². The van der Waals surface area contributed by atoms with Gasteiger partial charge in [0, 0.05) is 12.0 Å². The summed E-state index contributed by atoms with van der Waals surface area (Å²) in [6, 6.07) is 24.0. The Bertz CT molecular complexity index is 1270. The number of likely N-dealkylation sites (tertiary alicyclic amines) is 1. The molecule has 1 aliphatic heterocycles. The second-order valence-corrected chi connectivity index (χ2v) is 10.1. The van der Waals surface area contributed by atoms with Gasteiger partial charge in [-0.05, 0) is 41.5 Å². The summed E-state index contributed by atoms with van der Waals surface area (Å²) < 4.78 is 25.3. The molecule has 1 amide bonds. The molecule has 3 aromatic carbocycles. The van der Waals surface area contributed by atoms with Crippen LogP contribution in [0.25, 0.3) is 0 Å². The van der Waals surface area contributed by atoms with Crippen molar-refractivity contribution in [2.75, 3.05) is 13.1 Å². The SMILES string of the molecule is N#Cc1cccc(S(=O)(=O)Cc2ccc(C(=O)N3CC(O)(Cc4ccccc4)C3)cc2)c1. The molecule has 0 aromatic heterocycles. The number of aliphatic hydroxyl groups is 1. The van der Waals surface area contributed by atoms with Crippen molar-refractivity contribution in [1.82, 2.24) is 4.90 Å². The van der Waals surface area contributed by atoms with Crippen LogP contribution in [-0.4, -0.2) is 43.0 Å². The predicted molar refractivity (Wildman–Crippen MR) is 119 cm³/mol. The molecule has 1 fully saturated rings. The molecule has 3 aromatic rings. The minimum Gasteiger partial charge on any atom is -0.386 e. The zero-order valence-electron chi connectivity index (χ0n) is 17.3. The smallest absolute Gasteiger partial charge is 0.254 e. The van der Waals surface area contributed by atoms with Crippen LogP contribution < -0.4 is 0 Å². The van der Waals surface area contributed by atoms with Crippen molar-refractivity contribution in [3.05, 3.63) is 101 Å². The minimum atomic E-state index is -3.61. The van der Waals surface area contributed by atoms with E-state index < -0.39 is 15.4 Å². The Kier molecular flexibility index (Phi) is 5.83. The second kappa shape index (κ2) is 8.58. The van der Waals surface area contributed by atoms with Gasteiger partial charge >= 0.3 is 0 Å². The van der Waals surface area contributed by atoms with E-state index >= 15 is 0 Å². The van der Waals surface area contributed by atoms with Crippen molar-refractivity contribution >= 4 is 15.7 Å². The summed E-state index contributed by atoms with van der Waals surface area (Å²) in [6.07, 6.45) is 0.488. The van der Waals surface area contributed by atoms with Crippen molar-refractivity contribution in [3.63, 3.8) is 0 Å². The highest BCUT2D eigenvalue weighted by Gasteiger charge is 2.43. The molecule has 32 heavy (non-hydrogen) atoms. The lowest BCUT2D eigenvalue weighted by molar-refractivity contribution is -0.0799. The van der Waals surface area contributed by atoms with Gasteiger partial charge in [-0.1, -0.05) is 48.5 Å². The summed E-state index contributed by atoms with van der Waals surface area (Å²) in [6.45, 7) is 0.512. The maximum Gasteiger partial charge on any atom is 0.254 e. The molecular weight excluding hydrogens is 424 g/mol. The van der Waals surface area contributed by atoms with Crippen molar-refractivity contribution in [2.24, 2.45) is 0 Å². The van der Waals surface area contributed by atoms with Gasteiger partial charge in [-0.15, -0.1) is 0 Å². The molecule has 1 saturated heterocycles. The Morgan fingerprint density at radius 1 is 0.969 bits per heavy atom. The molecule has 6 nitrogen and oxygen atoms in total. The van der Waals surface area contributed by atoms with E-state index in [0.29, 0.717) is 17.5 Å². The van der Waals surface area contributed by atoms with Crippen LogP contribution in [0.2, 0.25) is 0 Å². The van der Waals surface area contributed by atoms with E-state index in [4.69, 9.17) is 5.26 Å². The first-order chi connectivity index (χ1) is 15.3. The van der Waals surface area contributed by atoms with Crippen molar-refractivity contribution < 1.29 is 18.3 Å². The molecule has 7 heteroatoms. The molecular formula is C25H22N2O4S. The summed E-state index contributed by atoms with van der Waals surface area (Å²) in [5.41, 5.74) is 1.37. The van der Waals surface area contributed by atoms with E-state index in [9.17, 15) is 18.3 Å². The summed E-state index contributed by atoms with van der Waals surface area (Å²) in [5.74, 6) is -0.421. The highest BCUT2D eigenvalue weighted by atomic mass is 32.2. The summed E-state index contributed by atoms with van der Waals surface area (Å²) in [4.78, 5) is 14.4. The standard InChI is InChI=1S/C25H22N2O4S/c26-15-21-7-4-8-23(13-21)32(30,31)16-20-9-11-22(12-10-20)24(28)27-17-25(29,18-27)14-19-5-2-1-3-6-19/h1-13,29H,14,16-18H2. The number of hydrogen-bond acceptors (Lipinski definition) is 5. The Morgan fingerprint density at radius 3 is 2.31 bits per heavy atom. The van der Waals surface area contributed by atoms with Crippen LogP contribution in [0.4, 0.5) is 0 Å². The number of hydrogen-bond donors (Lipinski definition) is 1. The maximum absolute atomic E-state index is 12.7. The average molecular weight is 447 g/mol. The quantitative estimate of drug-likeness (QED) is 0.628. The molecule has 1 aliphatic rings. The highest BCUT2D eigenvalue weighted by molar-refractivity contribution is 7.90. The number of carbonyl (C=O) groups excluding carboxylic acids is 1. The Labute approximate surface area is 187 Å². The molecule has 0 atom stereocenters. The molecule has 1 N–H and O–H groups in total. The van der Waals surface area contributed by atoms with Gasteiger partial charge in [-0.2, -0.15) is 5.26 Å². The Hall–Kier alpha value is -3.47. The first-order valence-electron chi connectivity index (χ1n) is 10.2. The van der Waals surface area contributed by atoms with Gasteiger partial charge in [0.2, 0.25) is 0 Å². The Morgan fingerprint density at radius 2 is 1.66 bits per heavy atom. The van der Waals surface area contributed by atoms with Gasteiger partial charge in [0.25, 0.3) is 5.91 Å². The summed E-state index contributed by atoms with van der Waals surface area (Å²) >= 11 is 0. The molecule has 4 rings (SSSR count). The van der Waals surface area contributed by atoms with Crippen molar-refractivity contribution in [3.8, 4) is 6.07 Å². The largest absolute Gasteiger partial charge is 0.386 e. The topological polar surface area (TPSA) is 98.5 Å². The molecule has 0 spiro atoms. The summed E-state index contributed by atoms with van der Waals surface area (Å²) in [5, 5.41) is 19.6. The van der Waals surface area contributed by atoms with Crippen LogP contribution in [0.5, 0.6) is 0 Å². The van der Waals surface area contributed by atoms with Crippen LogP contribution in [0, 0.1) is 11.3 Å². The predicted octanol–water partition coefficient (Wildman–Crippen LogP) is 2.96. The summed E-state index contributed by atoms with van der Waals surface area (Å²) in [7, 11) is -3.61. The van der Waals surface area contributed by atoms with Crippen LogP contribution in [0.15, 0.2) is 83.8 Å². The van der Waals surface area contributed by atoms with E-state index in [0.717, 1.165) is 5.56 Å². The third-order valence-electron chi connectivity index (χ3n) is 5.51. The van der Waals surface area contributed by atoms with Gasteiger partial charge in [0.05, 0.1) is 35.4 Å². The van der Waals surface area contributed by atoms with Crippen LogP contribution in [0.1, 0.15) is 27.0 Å². The first kappa shape index (κ1) is 21.8. The molecule has 162 valence electrons. The lowest BCUT2D eigenvalue weighted by Crippen LogP contribution is -2.64. The van der Waals surface area contributed by atoms with E-state index in [1.807, 2.05) is 36.4 Å². The third kappa shape index (κ3) is 4.72. The van der Waals surface area contributed by atoms with E-state index in [-0.39, 0.29) is 35.2 Å². The normalized spacial score (nSPS) is 14.9. The number of rotatable bonds is 6. The number of nitrogens with zero attached hydrogens (tertiary/aromatic N) is 2. The highest BCUT2D eigenvalue weighted by Crippen LogP contribution is 2.27. The van der Waals surface area contributed by atoms with Crippen LogP contribution >= 0.6 is 0 Å². The lowest BCUT2D eigenvalue weighted by Gasteiger charge is -2.46. The fraction of sp³-hybridized carbons (Fsp3) is 0.200. The number of carbonyl (C=O) groups is 1. The third-order valence-corrected chi connectivity index (χ3v) is 7.20. The number of β-amino-alcohol motifs (C(OH)–C–C–N with tert-alkyl or cyclic N) is 1. The molecule has 0 bridgehead atoms. The zero-order valence-corrected chi connectivity index (χ0v) is 18.1. The molecule has 1 heterocycles. The lowest BCUT2D eigenvalue weighted by atomic mass is 9.86. The fourth-order valence-electron chi connectivity index (χ4n) is 3.88. The van der Waals surface area contributed by atoms with E-state index in [1.165, 1.54) is 12.1 Å². The Balaban J connectivity index is 1.38. The average Bonchev–Trinajstić information content (AvgIpc) is 2.78.